The second-order valence-corrected chi connectivity index (χ2v) is 7.56. The van der Waals surface area contributed by atoms with Gasteiger partial charge in [-0.25, -0.2) is 13.6 Å². The lowest BCUT2D eigenvalue weighted by Gasteiger charge is -2.37. The Hall–Kier alpha value is -3.16. The summed E-state index contributed by atoms with van der Waals surface area (Å²) in [7, 11) is 0. The molecule has 2 N–H and O–H groups in total. The van der Waals surface area contributed by atoms with Crippen LogP contribution in [0.5, 0.6) is 0 Å². The van der Waals surface area contributed by atoms with Crippen molar-refractivity contribution < 1.29 is 18.4 Å². The van der Waals surface area contributed by atoms with E-state index in [1.54, 1.807) is 35.2 Å². The molecule has 1 fully saturated rings. The Morgan fingerprint density at radius 2 is 1.68 bits per heavy atom. The molecule has 3 amide bonds. The van der Waals surface area contributed by atoms with E-state index in [1.165, 1.54) is 18.2 Å². The third-order valence-electron chi connectivity index (χ3n) is 5.33. The highest BCUT2D eigenvalue weighted by Crippen LogP contribution is 2.20. The van der Waals surface area contributed by atoms with Crippen molar-refractivity contribution >= 4 is 17.6 Å². The number of halogens is 2. The normalized spacial score (nSPS) is 14.8. The zero-order chi connectivity index (χ0) is 22.2. The Bertz CT molecular complexity index is 883. The number of rotatable bonds is 7. The van der Waals surface area contributed by atoms with Crippen molar-refractivity contribution in [3.05, 3.63) is 65.7 Å². The van der Waals surface area contributed by atoms with E-state index in [4.69, 9.17) is 0 Å². The number of anilines is 1. The average molecular weight is 430 g/mol. The fourth-order valence-electron chi connectivity index (χ4n) is 3.64. The number of piperazine rings is 1. The second-order valence-electron chi connectivity index (χ2n) is 7.56. The summed E-state index contributed by atoms with van der Waals surface area (Å²) < 4.78 is 27.0. The van der Waals surface area contributed by atoms with E-state index in [1.807, 2.05) is 11.8 Å². The molecule has 3 rings (SSSR count). The summed E-state index contributed by atoms with van der Waals surface area (Å²) in [5.41, 5.74) is 1.30. The van der Waals surface area contributed by atoms with E-state index < -0.39 is 12.1 Å². The lowest BCUT2D eigenvalue weighted by atomic mass is 10.1. The third-order valence-corrected chi connectivity index (χ3v) is 5.33. The molecule has 8 heteroatoms. The van der Waals surface area contributed by atoms with E-state index in [9.17, 15) is 18.4 Å². The minimum absolute atomic E-state index is 0.132. The monoisotopic (exact) mass is 430 g/mol. The SMILES string of the molecule is CCCC(NC(=O)NCc1ccc(F)cc1)C(=O)N1CCN(c2ccccc2F)CC1. The summed E-state index contributed by atoms with van der Waals surface area (Å²) in [5.74, 6) is -0.741. The highest BCUT2D eigenvalue weighted by atomic mass is 19.1. The maximum Gasteiger partial charge on any atom is 0.315 e. The average Bonchev–Trinajstić information content (AvgIpc) is 2.78. The van der Waals surface area contributed by atoms with Crippen LogP contribution >= 0.6 is 0 Å². The molecule has 0 radical (unpaired) electrons. The molecule has 6 nitrogen and oxygen atoms in total. The van der Waals surface area contributed by atoms with Gasteiger partial charge in [0.15, 0.2) is 0 Å². The molecule has 1 saturated heterocycles. The van der Waals surface area contributed by atoms with E-state index >= 15 is 0 Å². The van der Waals surface area contributed by atoms with Gasteiger partial charge in [0.05, 0.1) is 5.69 Å². The van der Waals surface area contributed by atoms with Gasteiger partial charge in [-0.05, 0) is 36.2 Å². The third kappa shape index (κ3) is 6.16. The molecule has 0 aliphatic carbocycles. The maximum atomic E-state index is 14.0. The van der Waals surface area contributed by atoms with Gasteiger partial charge in [0.2, 0.25) is 5.91 Å². The van der Waals surface area contributed by atoms with Gasteiger partial charge in [0.25, 0.3) is 0 Å². The van der Waals surface area contributed by atoms with E-state index in [2.05, 4.69) is 10.6 Å². The Morgan fingerprint density at radius 1 is 1.00 bits per heavy atom. The molecule has 2 aromatic rings. The van der Waals surface area contributed by atoms with Crippen LogP contribution in [-0.2, 0) is 11.3 Å². The summed E-state index contributed by atoms with van der Waals surface area (Å²) in [6.07, 6.45) is 1.26. The molecule has 0 bridgehead atoms. The number of benzene rings is 2. The lowest BCUT2D eigenvalue weighted by molar-refractivity contribution is -0.133. The van der Waals surface area contributed by atoms with Crippen LogP contribution in [0.2, 0.25) is 0 Å². The summed E-state index contributed by atoms with van der Waals surface area (Å²) in [5, 5.41) is 5.47. The number of hydrogen-bond donors (Lipinski definition) is 2. The van der Waals surface area contributed by atoms with Crippen LogP contribution in [0.25, 0.3) is 0 Å². The molecular formula is C23H28F2N4O2. The topological polar surface area (TPSA) is 64.7 Å². The van der Waals surface area contributed by atoms with Gasteiger partial charge in [0.1, 0.15) is 17.7 Å². The molecule has 166 valence electrons. The highest BCUT2D eigenvalue weighted by molar-refractivity contribution is 5.87. The first-order chi connectivity index (χ1) is 15.0. The molecule has 1 unspecified atom stereocenters. The molecule has 1 aliphatic heterocycles. The fraction of sp³-hybridized carbons (Fsp3) is 0.391. The Kier molecular flexibility index (Phi) is 7.81. The maximum absolute atomic E-state index is 14.0. The molecule has 0 aromatic heterocycles. The minimum Gasteiger partial charge on any atom is -0.366 e. The van der Waals surface area contributed by atoms with Crippen molar-refractivity contribution in [1.82, 2.24) is 15.5 Å². The van der Waals surface area contributed by atoms with Gasteiger partial charge < -0.3 is 20.4 Å². The number of para-hydroxylation sites is 1. The van der Waals surface area contributed by atoms with Gasteiger partial charge in [-0.2, -0.15) is 0 Å². The van der Waals surface area contributed by atoms with Crippen LogP contribution in [0, 0.1) is 11.6 Å². The molecule has 31 heavy (non-hydrogen) atoms. The van der Waals surface area contributed by atoms with E-state index in [-0.39, 0.29) is 24.1 Å². The number of carbonyl (C=O) groups is 2. The first-order valence-corrected chi connectivity index (χ1v) is 10.5. The summed E-state index contributed by atoms with van der Waals surface area (Å²) in [6, 6.07) is 11.4. The number of hydrogen-bond acceptors (Lipinski definition) is 3. The predicted molar refractivity (Wildman–Crippen MR) is 116 cm³/mol. The van der Waals surface area contributed by atoms with Crippen molar-refractivity contribution in [2.75, 3.05) is 31.1 Å². The molecule has 2 aromatic carbocycles. The quantitative estimate of drug-likeness (QED) is 0.709. The molecule has 1 heterocycles. The first kappa shape index (κ1) is 22.5. The number of nitrogens with one attached hydrogen (secondary N) is 2. The molecule has 1 atom stereocenters. The smallest absolute Gasteiger partial charge is 0.315 e. The zero-order valence-corrected chi connectivity index (χ0v) is 17.6. The van der Waals surface area contributed by atoms with Crippen LogP contribution in [0.15, 0.2) is 48.5 Å². The van der Waals surface area contributed by atoms with Crippen molar-refractivity contribution in [2.45, 2.75) is 32.4 Å². The molecule has 0 saturated carbocycles. The molecule has 0 spiro atoms. The highest BCUT2D eigenvalue weighted by Gasteiger charge is 2.28. The van der Waals surface area contributed by atoms with Crippen LogP contribution in [0.4, 0.5) is 19.3 Å². The predicted octanol–water partition coefficient (Wildman–Crippen LogP) is 3.28. The first-order valence-electron chi connectivity index (χ1n) is 10.5. The number of urea groups is 1. The van der Waals surface area contributed by atoms with Crippen molar-refractivity contribution in [3.8, 4) is 0 Å². The summed E-state index contributed by atoms with van der Waals surface area (Å²) >= 11 is 0. The van der Waals surface area contributed by atoms with Crippen molar-refractivity contribution in [2.24, 2.45) is 0 Å². The number of nitrogens with zero attached hydrogens (tertiary/aromatic N) is 2. The van der Waals surface area contributed by atoms with Crippen LogP contribution < -0.4 is 15.5 Å². The summed E-state index contributed by atoms with van der Waals surface area (Å²) in [6.45, 7) is 4.18. The zero-order valence-electron chi connectivity index (χ0n) is 17.6. The van der Waals surface area contributed by atoms with Gasteiger partial charge in [-0.15, -0.1) is 0 Å². The molecular weight excluding hydrogens is 402 g/mol. The van der Waals surface area contributed by atoms with Crippen molar-refractivity contribution in [1.29, 1.82) is 0 Å². The van der Waals surface area contributed by atoms with Gasteiger partial charge in [-0.1, -0.05) is 37.6 Å². The summed E-state index contributed by atoms with van der Waals surface area (Å²) in [4.78, 5) is 29.0. The second kappa shape index (κ2) is 10.7. The molecule has 1 aliphatic rings. The van der Waals surface area contributed by atoms with Gasteiger partial charge >= 0.3 is 6.03 Å². The number of carbonyl (C=O) groups excluding carboxylic acids is 2. The standard InChI is InChI=1S/C23H28F2N4O2/c1-2-5-20(27-23(31)26-16-17-8-10-18(24)11-9-17)22(30)29-14-12-28(13-15-29)21-7-4-3-6-19(21)25/h3-4,6-11,20H,2,5,12-16H2,1H3,(H2,26,27,31). The Labute approximate surface area is 181 Å². The Morgan fingerprint density at radius 3 is 2.32 bits per heavy atom. The van der Waals surface area contributed by atoms with E-state index in [0.717, 1.165) is 12.0 Å². The van der Waals surface area contributed by atoms with Crippen LogP contribution in [-0.4, -0.2) is 49.1 Å². The van der Waals surface area contributed by atoms with Crippen molar-refractivity contribution in [3.63, 3.8) is 0 Å². The van der Waals surface area contributed by atoms with Crippen LogP contribution in [0.3, 0.4) is 0 Å². The minimum atomic E-state index is -0.627. The lowest BCUT2D eigenvalue weighted by Crippen LogP contribution is -2.56. The van der Waals surface area contributed by atoms with Gasteiger partial charge in [-0.3, -0.25) is 4.79 Å². The van der Waals surface area contributed by atoms with E-state index in [0.29, 0.717) is 38.3 Å². The number of amides is 3. The fourth-order valence-corrected chi connectivity index (χ4v) is 3.64. The van der Waals surface area contributed by atoms with Crippen LogP contribution in [0.1, 0.15) is 25.3 Å². The Balaban J connectivity index is 1.52. The van der Waals surface area contributed by atoms with Gasteiger partial charge in [0, 0.05) is 32.7 Å². The largest absolute Gasteiger partial charge is 0.366 e.